The second-order valence-corrected chi connectivity index (χ2v) is 28.4. The molecule has 0 aromatic heterocycles. The molecule has 8 aliphatic rings. The fourth-order valence-corrected chi connectivity index (χ4v) is 25.8. The molecule has 0 radical (unpaired) electrons. The van der Waals surface area contributed by atoms with E-state index in [1.54, 1.807) is 0 Å². The van der Waals surface area contributed by atoms with Crippen molar-refractivity contribution in [3.8, 4) is 0 Å². The number of epoxide rings is 3. The van der Waals surface area contributed by atoms with E-state index in [2.05, 4.69) is 31.9 Å². The van der Waals surface area contributed by atoms with Crippen LogP contribution in [0.3, 0.4) is 0 Å². The van der Waals surface area contributed by atoms with Gasteiger partial charge in [-0.05, 0) is 127 Å². The molecular formula is C36H66O8S4. The lowest BCUT2D eigenvalue weighted by atomic mass is 9.88. The fourth-order valence-electron chi connectivity index (χ4n) is 9.66. The first-order valence-electron chi connectivity index (χ1n) is 19.4. The molecule has 8 fully saturated rings. The van der Waals surface area contributed by atoms with Gasteiger partial charge in [-0.15, -0.1) is 0 Å². The van der Waals surface area contributed by atoms with Crippen molar-refractivity contribution in [1.29, 1.82) is 0 Å². The van der Waals surface area contributed by atoms with Crippen LogP contribution in [0.25, 0.3) is 0 Å². The predicted molar refractivity (Wildman–Crippen MR) is 202 cm³/mol. The molecule has 0 aromatic rings. The van der Waals surface area contributed by atoms with Crippen LogP contribution < -0.4 is 0 Å². The molecule has 48 heavy (non-hydrogen) atoms. The van der Waals surface area contributed by atoms with Crippen molar-refractivity contribution in [3.05, 3.63) is 0 Å². The molecule has 0 bridgehead atoms. The first-order chi connectivity index (χ1) is 22.9. The summed E-state index contributed by atoms with van der Waals surface area (Å²) in [6.07, 6.45) is 30.5. The molecule has 8 nitrogen and oxygen atoms in total. The highest BCUT2D eigenvalue weighted by molar-refractivity contribution is 8.49. The van der Waals surface area contributed by atoms with Crippen LogP contribution in [0.4, 0.5) is 0 Å². The van der Waals surface area contributed by atoms with Crippen molar-refractivity contribution in [2.24, 2.45) is 23.7 Å². The van der Waals surface area contributed by atoms with Gasteiger partial charge in [-0.2, -0.15) is 56.9 Å². The zero-order valence-corrected chi connectivity index (χ0v) is 33.7. The molecule has 5 saturated heterocycles. The maximum absolute atomic E-state index is 7.52. The van der Waals surface area contributed by atoms with Crippen LogP contribution in [0.1, 0.15) is 103 Å². The molecule has 3 saturated carbocycles. The smallest absolute Gasteiger partial charge is 0.0844 e. The highest BCUT2D eigenvalue weighted by atomic mass is 32.4. The molecule has 0 aromatic carbocycles. The van der Waals surface area contributed by atoms with E-state index >= 15 is 0 Å². The van der Waals surface area contributed by atoms with E-state index in [4.69, 9.17) is 33.5 Å². The normalized spacial score (nSPS) is 58.4. The number of fused-ring (bicyclic) bond motifs is 3. The van der Waals surface area contributed by atoms with E-state index in [0.29, 0.717) is 66.4 Å². The Morgan fingerprint density at radius 3 is 1.06 bits per heavy atom. The van der Waals surface area contributed by atoms with Crippen molar-refractivity contribution in [1.82, 2.24) is 0 Å². The Balaban J connectivity index is 1.01. The summed E-state index contributed by atoms with van der Waals surface area (Å²) >= 11 is 0. The van der Waals surface area contributed by atoms with Gasteiger partial charge in [0.2, 0.25) is 0 Å². The van der Waals surface area contributed by atoms with Gasteiger partial charge in [0.05, 0.1) is 42.7 Å². The van der Waals surface area contributed by atoms with E-state index < -0.39 is 42.4 Å². The van der Waals surface area contributed by atoms with Gasteiger partial charge in [-0.25, -0.2) is 0 Å². The van der Waals surface area contributed by atoms with E-state index in [0.717, 1.165) is 68.1 Å². The number of ether oxygens (including phenoxy) is 4. The summed E-state index contributed by atoms with van der Waals surface area (Å²) in [5.41, 5.74) is 0. The van der Waals surface area contributed by atoms with E-state index in [-0.39, 0.29) is 0 Å². The Labute approximate surface area is 298 Å². The molecule has 3 aliphatic carbocycles. The molecule has 5 heterocycles. The topological polar surface area (TPSA) is 83.7 Å². The molecule has 8 rings (SSSR count). The SMILES string of the molecule is CC1CC(CCS2(C)OS(C)(CCC3CCC4OC4C3)OS(C)(CCC3CCC4OC4C3)OS(C)(CCC3CCC4OC4C3)O2)CCO1. The van der Waals surface area contributed by atoms with E-state index in [1.165, 1.54) is 57.8 Å². The van der Waals surface area contributed by atoms with Crippen LogP contribution in [0, 0.1) is 23.7 Å². The van der Waals surface area contributed by atoms with E-state index in [1.807, 2.05) is 0 Å². The van der Waals surface area contributed by atoms with Gasteiger partial charge in [0.15, 0.2) is 0 Å². The third-order valence-electron chi connectivity index (χ3n) is 12.7. The minimum atomic E-state index is -1.90. The standard InChI is InChI=1S/C36H66O8S4/c1-26-22-30(12-17-37-26)16-21-48(5)43-46(3,19-14-28-7-10-32-35(24-28)39-32)41-45(2,18-13-27-6-9-31-34(23-27)38-31)42-47(4,44-48)20-15-29-8-11-33-36(25-29)40-33/h26-36H,6-25H2,1-5H3. The lowest BCUT2D eigenvalue weighted by Crippen LogP contribution is -2.31. The van der Waals surface area contributed by atoms with E-state index in [9.17, 15) is 0 Å². The van der Waals surface area contributed by atoms with Gasteiger partial charge in [-0.1, -0.05) is 0 Å². The summed E-state index contributed by atoms with van der Waals surface area (Å²) in [7, 11) is -7.58. The number of rotatable bonds is 12. The minimum absolute atomic E-state index is 0.339. The van der Waals surface area contributed by atoms with Crippen LogP contribution in [0.2, 0.25) is 0 Å². The van der Waals surface area contributed by atoms with Crippen LogP contribution in [-0.4, -0.2) is 97.4 Å². The fraction of sp³-hybridized carbons (Fsp3) is 1.00. The molecule has 0 spiro atoms. The van der Waals surface area contributed by atoms with Gasteiger partial charge >= 0.3 is 0 Å². The van der Waals surface area contributed by atoms with Gasteiger partial charge in [-0.3, -0.25) is 0 Å². The van der Waals surface area contributed by atoms with Gasteiger partial charge in [0.25, 0.3) is 0 Å². The summed E-state index contributed by atoms with van der Waals surface area (Å²) in [4.78, 5) is 0. The summed E-state index contributed by atoms with van der Waals surface area (Å²) in [6.45, 7) is 3.09. The highest BCUT2D eigenvalue weighted by Crippen LogP contribution is 2.80. The van der Waals surface area contributed by atoms with Crippen molar-refractivity contribution >= 4 is 42.4 Å². The lowest BCUT2D eigenvalue weighted by Gasteiger charge is -2.62. The van der Waals surface area contributed by atoms with Crippen molar-refractivity contribution in [3.63, 3.8) is 0 Å². The second kappa shape index (κ2) is 14.4. The van der Waals surface area contributed by atoms with Crippen LogP contribution in [0.5, 0.6) is 0 Å². The van der Waals surface area contributed by atoms with Gasteiger partial charge in [0, 0.05) is 54.6 Å². The summed E-state index contributed by atoms with van der Waals surface area (Å²) < 4.78 is 53.7. The molecule has 0 N–H and O–H groups in total. The molecule has 5 aliphatic heterocycles. The largest absolute Gasteiger partial charge is 0.378 e. The average Bonchev–Trinajstić information content (AvgIpc) is 3.92. The number of hydrogen-bond donors (Lipinski definition) is 0. The zero-order valence-electron chi connectivity index (χ0n) is 30.4. The second-order valence-electron chi connectivity index (χ2n) is 17.2. The Morgan fingerprint density at radius 1 is 0.417 bits per heavy atom. The van der Waals surface area contributed by atoms with Gasteiger partial charge < -0.3 is 18.9 Å². The molecular weight excluding hydrogens is 689 g/mol. The van der Waals surface area contributed by atoms with Crippen molar-refractivity contribution < 1.29 is 33.5 Å². The summed E-state index contributed by atoms with van der Waals surface area (Å²) in [5.74, 6) is 6.56. The first kappa shape index (κ1) is 36.1. The third kappa shape index (κ3) is 9.23. The number of hydrogen-bond acceptors (Lipinski definition) is 8. The monoisotopic (exact) mass is 754 g/mol. The minimum Gasteiger partial charge on any atom is -0.378 e. The average molecular weight is 755 g/mol. The Kier molecular flexibility index (Phi) is 10.8. The maximum atomic E-state index is 7.52. The molecule has 13 unspecified atom stereocenters. The Morgan fingerprint density at radius 2 is 0.750 bits per heavy atom. The van der Waals surface area contributed by atoms with Crippen LogP contribution in [-0.2, 0) is 33.5 Å². The molecule has 13 atom stereocenters. The molecule has 282 valence electrons. The Hall–Kier alpha value is 1.08. The van der Waals surface area contributed by atoms with Gasteiger partial charge in [0.1, 0.15) is 0 Å². The lowest BCUT2D eigenvalue weighted by molar-refractivity contribution is 0.00205. The van der Waals surface area contributed by atoms with Crippen molar-refractivity contribution in [2.45, 2.75) is 146 Å². The summed E-state index contributed by atoms with van der Waals surface area (Å²) in [6, 6.07) is 0. The summed E-state index contributed by atoms with van der Waals surface area (Å²) in [5, 5.41) is 0. The molecule has 0 amide bonds. The zero-order chi connectivity index (χ0) is 33.1. The van der Waals surface area contributed by atoms with Crippen LogP contribution in [0.15, 0.2) is 0 Å². The highest BCUT2D eigenvalue weighted by Gasteiger charge is 2.48. The van der Waals surface area contributed by atoms with Crippen LogP contribution >= 0.6 is 42.4 Å². The third-order valence-corrected chi connectivity index (χ3v) is 25.8. The first-order valence-corrected chi connectivity index (χ1v) is 27.6. The Bertz CT molecular complexity index is 983. The van der Waals surface area contributed by atoms with Crippen molar-refractivity contribution in [2.75, 3.05) is 54.6 Å². The molecule has 12 heteroatoms. The quantitative estimate of drug-likeness (QED) is 0.183. The maximum Gasteiger partial charge on any atom is 0.0844 e. The predicted octanol–water partition coefficient (Wildman–Crippen LogP) is 9.20.